The third-order valence-electron chi connectivity index (χ3n) is 3.23. The maximum absolute atomic E-state index is 12.0. The molecule has 124 valence electrons. The average Bonchev–Trinajstić information content (AvgIpc) is 2.59. The number of urea groups is 1. The van der Waals surface area contributed by atoms with Crippen molar-refractivity contribution in [1.82, 2.24) is 0 Å². The zero-order valence-corrected chi connectivity index (χ0v) is 13.1. The van der Waals surface area contributed by atoms with Gasteiger partial charge in [-0.3, -0.25) is 4.79 Å². The average molecular weight is 327 g/mol. The molecule has 2 aromatic carbocycles. The molecule has 0 saturated heterocycles. The van der Waals surface area contributed by atoms with Crippen molar-refractivity contribution in [1.29, 1.82) is 0 Å². The Morgan fingerprint density at radius 3 is 2.25 bits per heavy atom. The maximum Gasteiger partial charge on any atom is 0.338 e. The van der Waals surface area contributed by atoms with Crippen molar-refractivity contribution in [3.8, 4) is 0 Å². The van der Waals surface area contributed by atoms with Gasteiger partial charge in [0, 0.05) is 18.4 Å². The molecule has 0 saturated carbocycles. The number of carbonyl (C=O) groups is 3. The van der Waals surface area contributed by atoms with Crippen LogP contribution in [0.4, 0.5) is 16.2 Å². The van der Waals surface area contributed by atoms with Crippen LogP contribution in [0.15, 0.2) is 54.6 Å². The Morgan fingerprint density at radius 2 is 1.67 bits per heavy atom. The summed E-state index contributed by atoms with van der Waals surface area (Å²) in [5.74, 6) is -0.975. The molecule has 0 spiro atoms. The van der Waals surface area contributed by atoms with Crippen LogP contribution in [0.25, 0.3) is 0 Å². The summed E-state index contributed by atoms with van der Waals surface area (Å²) < 4.78 is 5.01. The van der Waals surface area contributed by atoms with Crippen LogP contribution in [-0.4, -0.2) is 31.6 Å². The second-order valence-corrected chi connectivity index (χ2v) is 4.93. The molecule has 0 bridgehead atoms. The van der Waals surface area contributed by atoms with Crippen LogP contribution in [-0.2, 0) is 9.53 Å². The first-order valence-corrected chi connectivity index (χ1v) is 7.12. The van der Waals surface area contributed by atoms with Gasteiger partial charge in [-0.2, -0.15) is 0 Å². The number of carbonyl (C=O) groups excluding carboxylic acids is 3. The van der Waals surface area contributed by atoms with Gasteiger partial charge < -0.3 is 20.7 Å². The van der Waals surface area contributed by atoms with E-state index >= 15 is 0 Å². The van der Waals surface area contributed by atoms with Gasteiger partial charge in [-0.25, -0.2) is 9.59 Å². The van der Waals surface area contributed by atoms with Gasteiger partial charge in [-0.05, 0) is 36.4 Å². The Labute approximate surface area is 139 Å². The minimum absolute atomic E-state index is 0.264. The van der Waals surface area contributed by atoms with E-state index in [2.05, 4.69) is 5.32 Å². The van der Waals surface area contributed by atoms with Gasteiger partial charge in [0.15, 0.2) is 6.61 Å². The molecule has 2 rings (SSSR count). The number of nitrogens with two attached hydrogens (primary N) is 1. The molecule has 0 atom stereocenters. The quantitative estimate of drug-likeness (QED) is 0.820. The Hall–Kier alpha value is -3.35. The molecule has 2 aromatic rings. The smallest absolute Gasteiger partial charge is 0.338 e. The SMILES string of the molecule is CN(C(=O)COC(=O)c1ccc(NC(N)=O)cc1)c1ccccc1. The van der Waals surface area contributed by atoms with Gasteiger partial charge in [0.1, 0.15) is 0 Å². The number of benzene rings is 2. The van der Waals surface area contributed by atoms with Gasteiger partial charge in [-0.1, -0.05) is 18.2 Å². The second-order valence-electron chi connectivity index (χ2n) is 4.93. The Kier molecular flexibility index (Phi) is 5.51. The lowest BCUT2D eigenvalue weighted by atomic mass is 10.2. The fourth-order valence-corrected chi connectivity index (χ4v) is 1.93. The lowest BCUT2D eigenvalue weighted by Gasteiger charge is -2.17. The zero-order valence-electron chi connectivity index (χ0n) is 13.1. The molecule has 24 heavy (non-hydrogen) atoms. The number of nitrogens with zero attached hydrogens (tertiary/aromatic N) is 1. The number of likely N-dealkylation sites (N-methyl/N-ethyl adjacent to an activating group) is 1. The van der Waals surface area contributed by atoms with Crippen LogP contribution in [0, 0.1) is 0 Å². The minimum Gasteiger partial charge on any atom is -0.452 e. The highest BCUT2D eigenvalue weighted by atomic mass is 16.5. The van der Waals surface area contributed by atoms with Crippen molar-refractivity contribution in [3.05, 3.63) is 60.2 Å². The van der Waals surface area contributed by atoms with E-state index in [-0.39, 0.29) is 18.1 Å². The second kappa shape index (κ2) is 7.77. The number of esters is 1. The molecular weight excluding hydrogens is 310 g/mol. The summed E-state index contributed by atoms with van der Waals surface area (Å²) >= 11 is 0. The van der Waals surface area contributed by atoms with Crippen LogP contribution < -0.4 is 16.0 Å². The summed E-state index contributed by atoms with van der Waals surface area (Å²) in [5.41, 5.74) is 6.43. The number of para-hydroxylation sites is 1. The van der Waals surface area contributed by atoms with Gasteiger partial charge in [0.05, 0.1) is 5.56 Å². The zero-order chi connectivity index (χ0) is 17.5. The number of rotatable bonds is 5. The van der Waals surface area contributed by atoms with E-state index in [0.717, 1.165) is 0 Å². The highest BCUT2D eigenvalue weighted by Gasteiger charge is 2.14. The van der Waals surface area contributed by atoms with Crippen LogP contribution in [0.5, 0.6) is 0 Å². The molecule has 0 aliphatic rings. The number of amides is 3. The van der Waals surface area contributed by atoms with Crippen molar-refractivity contribution in [2.45, 2.75) is 0 Å². The number of ether oxygens (including phenoxy) is 1. The standard InChI is InChI=1S/C17H17N3O4/c1-20(14-5-3-2-4-6-14)15(21)11-24-16(22)12-7-9-13(10-8-12)19-17(18)23/h2-10H,11H2,1H3,(H3,18,19,23). The van der Waals surface area contributed by atoms with Crippen molar-refractivity contribution in [3.63, 3.8) is 0 Å². The highest BCUT2D eigenvalue weighted by Crippen LogP contribution is 2.12. The van der Waals surface area contributed by atoms with Crippen molar-refractivity contribution >= 4 is 29.3 Å². The first kappa shape index (κ1) is 17.0. The van der Waals surface area contributed by atoms with Crippen molar-refractivity contribution in [2.75, 3.05) is 23.9 Å². The van der Waals surface area contributed by atoms with Crippen LogP contribution in [0.3, 0.4) is 0 Å². The summed E-state index contributed by atoms with van der Waals surface area (Å²) in [4.78, 5) is 36.1. The molecule has 0 aromatic heterocycles. The molecule has 0 aliphatic carbocycles. The van der Waals surface area contributed by atoms with Gasteiger partial charge in [0.2, 0.25) is 0 Å². The topological polar surface area (TPSA) is 102 Å². The van der Waals surface area contributed by atoms with Crippen LogP contribution in [0.2, 0.25) is 0 Å². The van der Waals surface area contributed by atoms with E-state index in [9.17, 15) is 14.4 Å². The lowest BCUT2D eigenvalue weighted by molar-refractivity contribution is -0.121. The number of nitrogens with one attached hydrogen (secondary N) is 1. The predicted octanol–water partition coefficient (Wildman–Crippen LogP) is 2.00. The normalized spacial score (nSPS) is 9.88. The summed E-state index contributed by atoms with van der Waals surface area (Å²) in [7, 11) is 1.61. The molecule has 3 amide bonds. The summed E-state index contributed by atoms with van der Waals surface area (Å²) in [6.45, 7) is -0.370. The van der Waals surface area contributed by atoms with E-state index in [1.54, 1.807) is 19.2 Å². The van der Waals surface area contributed by atoms with Crippen molar-refractivity contribution in [2.24, 2.45) is 5.73 Å². The molecule has 3 N–H and O–H groups in total. The number of hydrogen-bond donors (Lipinski definition) is 2. The first-order valence-electron chi connectivity index (χ1n) is 7.12. The molecule has 0 unspecified atom stereocenters. The molecule has 0 aliphatic heterocycles. The van der Waals surface area contributed by atoms with Gasteiger partial charge in [-0.15, -0.1) is 0 Å². The highest BCUT2D eigenvalue weighted by molar-refractivity contribution is 5.97. The van der Waals surface area contributed by atoms with Crippen LogP contribution >= 0.6 is 0 Å². The largest absolute Gasteiger partial charge is 0.452 e. The first-order chi connectivity index (χ1) is 11.5. The Morgan fingerprint density at radius 1 is 1.04 bits per heavy atom. The van der Waals surface area contributed by atoms with E-state index in [0.29, 0.717) is 11.4 Å². The molecule has 0 fully saturated rings. The minimum atomic E-state index is -0.695. The van der Waals surface area contributed by atoms with Gasteiger partial charge >= 0.3 is 12.0 Å². The number of hydrogen-bond acceptors (Lipinski definition) is 4. The lowest BCUT2D eigenvalue weighted by Crippen LogP contribution is -2.31. The van der Waals surface area contributed by atoms with Crippen LogP contribution in [0.1, 0.15) is 10.4 Å². The van der Waals surface area contributed by atoms with Gasteiger partial charge in [0.25, 0.3) is 5.91 Å². The fraction of sp³-hybridized carbons (Fsp3) is 0.118. The third-order valence-corrected chi connectivity index (χ3v) is 3.23. The van der Waals surface area contributed by atoms with Crippen molar-refractivity contribution < 1.29 is 19.1 Å². The molecule has 0 radical (unpaired) electrons. The Bertz CT molecular complexity index is 729. The Balaban J connectivity index is 1.90. The maximum atomic E-state index is 12.0. The van der Waals surface area contributed by atoms with E-state index < -0.39 is 12.0 Å². The molecular formula is C17H17N3O4. The predicted molar refractivity (Wildman–Crippen MR) is 89.8 cm³/mol. The molecule has 7 nitrogen and oxygen atoms in total. The number of primary amides is 1. The van der Waals surface area contributed by atoms with E-state index in [1.165, 1.54) is 29.2 Å². The fourth-order valence-electron chi connectivity index (χ4n) is 1.93. The van der Waals surface area contributed by atoms with E-state index in [1.807, 2.05) is 18.2 Å². The summed E-state index contributed by atoms with van der Waals surface area (Å²) in [6, 6.07) is 14.3. The monoisotopic (exact) mass is 327 g/mol. The number of anilines is 2. The third kappa shape index (κ3) is 4.57. The molecule has 0 heterocycles. The molecule has 7 heteroatoms. The summed E-state index contributed by atoms with van der Waals surface area (Å²) in [5, 5.41) is 2.38. The van der Waals surface area contributed by atoms with E-state index in [4.69, 9.17) is 10.5 Å². The summed E-state index contributed by atoms with van der Waals surface area (Å²) in [6.07, 6.45) is 0.